The first-order valence-corrected chi connectivity index (χ1v) is 8.17. The van der Waals surface area contributed by atoms with E-state index in [1.54, 1.807) is 11.8 Å². The molecule has 0 amide bonds. The van der Waals surface area contributed by atoms with Gasteiger partial charge in [0.05, 0.1) is 0 Å². The molecule has 6 heteroatoms. The smallest absolute Gasteiger partial charge is 0.174 e. The molecule has 1 N–H and O–H groups in total. The molecular formula is C13H14ClN3S2. The van der Waals surface area contributed by atoms with Crippen LogP contribution in [-0.4, -0.2) is 15.4 Å². The molecular weight excluding hydrogens is 298 g/mol. The Hall–Kier alpha value is -0.620. The van der Waals surface area contributed by atoms with Crippen molar-refractivity contribution in [2.45, 2.75) is 41.6 Å². The summed E-state index contributed by atoms with van der Waals surface area (Å²) in [6.07, 6.45) is 2.59. The van der Waals surface area contributed by atoms with Crippen LogP contribution in [0.15, 0.2) is 27.4 Å². The highest BCUT2D eigenvalue weighted by Gasteiger charge is 2.20. The molecule has 1 fully saturated rings. The second-order valence-electron chi connectivity index (χ2n) is 4.62. The highest BCUT2D eigenvalue weighted by atomic mass is 35.5. The molecule has 0 atom stereocenters. The Kier molecular flexibility index (Phi) is 4.07. The normalized spacial score (nSPS) is 14.8. The minimum atomic E-state index is 0.706. The fraction of sp³-hybridized carbons (Fsp3) is 0.385. The van der Waals surface area contributed by atoms with E-state index in [2.05, 4.69) is 20.7 Å². The van der Waals surface area contributed by atoms with Gasteiger partial charge in [-0.15, -0.1) is 0 Å². The summed E-state index contributed by atoms with van der Waals surface area (Å²) >= 11 is 9.17. The van der Waals surface area contributed by atoms with Crippen molar-refractivity contribution in [1.29, 1.82) is 0 Å². The predicted octanol–water partition coefficient (Wildman–Crippen LogP) is 3.90. The molecule has 1 aromatic carbocycles. The van der Waals surface area contributed by atoms with Crippen LogP contribution in [0.5, 0.6) is 0 Å². The molecule has 3 nitrogen and oxygen atoms in total. The van der Waals surface area contributed by atoms with Gasteiger partial charge in [-0.2, -0.15) is 4.37 Å². The number of rotatable bonds is 5. The molecule has 0 saturated heterocycles. The number of benzene rings is 1. The van der Waals surface area contributed by atoms with Gasteiger partial charge in [-0.3, -0.25) is 0 Å². The Morgan fingerprint density at radius 1 is 1.47 bits per heavy atom. The van der Waals surface area contributed by atoms with Gasteiger partial charge in [0.15, 0.2) is 4.34 Å². The first-order chi connectivity index (χ1) is 9.20. The fourth-order valence-corrected chi connectivity index (χ4v) is 3.74. The quantitative estimate of drug-likeness (QED) is 0.908. The minimum absolute atomic E-state index is 0.706. The predicted molar refractivity (Wildman–Crippen MR) is 80.1 cm³/mol. The van der Waals surface area contributed by atoms with Gasteiger partial charge < -0.3 is 5.32 Å². The van der Waals surface area contributed by atoms with Gasteiger partial charge in [0.1, 0.15) is 5.82 Å². The van der Waals surface area contributed by atoms with Gasteiger partial charge in [-0.25, -0.2) is 4.98 Å². The minimum Gasteiger partial charge on any atom is -0.310 e. The lowest BCUT2D eigenvalue weighted by Crippen LogP contribution is -2.15. The van der Waals surface area contributed by atoms with Gasteiger partial charge >= 0.3 is 0 Å². The molecule has 1 saturated carbocycles. The number of aromatic nitrogens is 2. The number of hydrogen-bond acceptors (Lipinski definition) is 5. The number of nitrogens with zero attached hydrogens (tertiary/aromatic N) is 2. The van der Waals surface area contributed by atoms with Crippen LogP contribution in [0, 0.1) is 6.92 Å². The zero-order chi connectivity index (χ0) is 13.2. The Morgan fingerprint density at radius 2 is 2.32 bits per heavy atom. The molecule has 1 aromatic heterocycles. The SMILES string of the molecule is Cc1nsc(Sc2cc(Cl)ccc2CNC2CC2)n1. The zero-order valence-electron chi connectivity index (χ0n) is 10.5. The highest BCUT2D eigenvalue weighted by molar-refractivity contribution is 8.01. The first-order valence-electron chi connectivity index (χ1n) is 6.21. The van der Waals surface area contributed by atoms with Crippen molar-refractivity contribution in [3.8, 4) is 0 Å². The molecule has 0 spiro atoms. The van der Waals surface area contributed by atoms with Crippen molar-refractivity contribution in [3.63, 3.8) is 0 Å². The molecule has 0 bridgehead atoms. The topological polar surface area (TPSA) is 37.8 Å². The highest BCUT2D eigenvalue weighted by Crippen LogP contribution is 2.33. The molecule has 3 rings (SSSR count). The van der Waals surface area contributed by atoms with Crippen LogP contribution in [0.4, 0.5) is 0 Å². The second kappa shape index (κ2) is 5.79. The summed E-state index contributed by atoms with van der Waals surface area (Å²) in [4.78, 5) is 5.55. The third-order valence-corrected chi connectivity index (χ3v) is 5.07. The lowest BCUT2D eigenvalue weighted by Gasteiger charge is -2.09. The Balaban J connectivity index is 1.78. The Labute approximate surface area is 126 Å². The summed E-state index contributed by atoms with van der Waals surface area (Å²) in [5.41, 5.74) is 1.27. The van der Waals surface area contributed by atoms with E-state index in [0.29, 0.717) is 6.04 Å². The average molecular weight is 312 g/mol. The van der Waals surface area contributed by atoms with Crippen molar-refractivity contribution >= 4 is 34.9 Å². The molecule has 1 aliphatic rings. The van der Waals surface area contributed by atoms with E-state index < -0.39 is 0 Å². The van der Waals surface area contributed by atoms with Gasteiger partial charge in [-0.05, 0) is 49.0 Å². The summed E-state index contributed by atoms with van der Waals surface area (Å²) < 4.78 is 5.18. The van der Waals surface area contributed by atoms with E-state index in [9.17, 15) is 0 Å². The third-order valence-electron chi connectivity index (χ3n) is 2.89. The van der Waals surface area contributed by atoms with E-state index in [1.165, 1.54) is 29.9 Å². The largest absolute Gasteiger partial charge is 0.310 e. The number of nitrogens with one attached hydrogen (secondary N) is 1. The molecule has 100 valence electrons. The second-order valence-corrected chi connectivity index (χ2v) is 7.09. The average Bonchev–Trinajstić information content (AvgIpc) is 3.12. The van der Waals surface area contributed by atoms with E-state index in [1.807, 2.05) is 19.1 Å². The first kappa shape index (κ1) is 13.4. The third kappa shape index (κ3) is 3.69. The number of hydrogen-bond donors (Lipinski definition) is 1. The molecule has 0 radical (unpaired) electrons. The summed E-state index contributed by atoms with van der Waals surface area (Å²) in [5.74, 6) is 0.826. The molecule has 0 unspecified atom stereocenters. The summed E-state index contributed by atoms with van der Waals surface area (Å²) in [5, 5.41) is 4.30. The standard InChI is InChI=1S/C13H14ClN3S2/c1-8-16-13(19-17-8)18-12-6-10(14)3-2-9(12)7-15-11-4-5-11/h2-3,6,11,15H,4-5,7H2,1H3. The van der Waals surface area contributed by atoms with Crippen molar-refractivity contribution in [3.05, 3.63) is 34.6 Å². The van der Waals surface area contributed by atoms with E-state index in [-0.39, 0.29) is 0 Å². The number of halogens is 1. The lowest BCUT2D eigenvalue weighted by molar-refractivity contribution is 0.680. The monoisotopic (exact) mass is 311 g/mol. The van der Waals surface area contributed by atoms with Gasteiger partial charge in [0.25, 0.3) is 0 Å². The lowest BCUT2D eigenvalue weighted by atomic mass is 10.2. The van der Waals surface area contributed by atoms with Crippen LogP contribution in [-0.2, 0) is 6.54 Å². The van der Waals surface area contributed by atoms with Crippen LogP contribution in [0.2, 0.25) is 5.02 Å². The zero-order valence-corrected chi connectivity index (χ0v) is 12.9. The molecule has 19 heavy (non-hydrogen) atoms. The number of aryl methyl sites for hydroxylation is 1. The van der Waals surface area contributed by atoms with E-state index >= 15 is 0 Å². The summed E-state index contributed by atoms with van der Waals surface area (Å²) in [7, 11) is 0. The summed E-state index contributed by atoms with van der Waals surface area (Å²) in [6, 6.07) is 6.75. The molecule has 0 aliphatic heterocycles. The van der Waals surface area contributed by atoms with Crippen molar-refractivity contribution in [1.82, 2.24) is 14.7 Å². The maximum Gasteiger partial charge on any atom is 0.174 e. The van der Waals surface area contributed by atoms with Gasteiger partial charge in [0, 0.05) is 22.5 Å². The van der Waals surface area contributed by atoms with Crippen LogP contribution < -0.4 is 5.32 Å². The maximum atomic E-state index is 6.10. The van der Waals surface area contributed by atoms with Crippen LogP contribution >= 0.6 is 34.9 Å². The van der Waals surface area contributed by atoms with Crippen LogP contribution in [0.1, 0.15) is 24.2 Å². The van der Waals surface area contributed by atoms with E-state index in [0.717, 1.165) is 26.6 Å². The van der Waals surface area contributed by atoms with Gasteiger partial charge in [-0.1, -0.05) is 29.4 Å². The Bertz CT molecular complexity index is 581. The molecule has 1 heterocycles. The molecule has 2 aromatic rings. The van der Waals surface area contributed by atoms with Gasteiger partial charge in [0.2, 0.25) is 0 Å². The maximum absolute atomic E-state index is 6.10. The van der Waals surface area contributed by atoms with Crippen molar-refractivity contribution in [2.24, 2.45) is 0 Å². The molecule has 1 aliphatic carbocycles. The van der Waals surface area contributed by atoms with Crippen LogP contribution in [0.25, 0.3) is 0 Å². The summed E-state index contributed by atoms with van der Waals surface area (Å²) in [6.45, 7) is 2.80. The van der Waals surface area contributed by atoms with E-state index in [4.69, 9.17) is 11.6 Å². The van der Waals surface area contributed by atoms with Crippen LogP contribution in [0.3, 0.4) is 0 Å². The van der Waals surface area contributed by atoms with Crippen molar-refractivity contribution in [2.75, 3.05) is 0 Å². The fourth-order valence-electron chi connectivity index (χ4n) is 1.72. The Morgan fingerprint density at radius 3 is 3.00 bits per heavy atom. The van der Waals surface area contributed by atoms with Crippen molar-refractivity contribution < 1.29 is 0 Å².